The van der Waals surface area contributed by atoms with E-state index in [4.69, 9.17) is 28.4 Å². The fraction of sp³-hybridized carbons (Fsp3) is 0.488. The number of rotatable bonds is 50. The molecule has 0 aliphatic rings. The van der Waals surface area contributed by atoms with E-state index in [0.717, 1.165) is 114 Å². The molecule has 0 amide bonds. The van der Waals surface area contributed by atoms with E-state index in [1.807, 2.05) is 24.3 Å². The van der Waals surface area contributed by atoms with Gasteiger partial charge >= 0.3 is 35.8 Å². The number of benzene rings is 5. The molecule has 5 rings (SSSR count). The van der Waals surface area contributed by atoms with Crippen LogP contribution >= 0.6 is 0 Å². The van der Waals surface area contributed by atoms with Crippen molar-refractivity contribution in [3.8, 4) is 11.5 Å². The van der Waals surface area contributed by atoms with Crippen molar-refractivity contribution < 1.29 is 57.2 Å². The molecule has 0 aliphatic heterocycles. The van der Waals surface area contributed by atoms with Gasteiger partial charge in [0.1, 0.15) is 22.6 Å². The number of carbonyl (C=O) groups excluding carboxylic acids is 6. The average molecular weight is 1310 g/mol. The highest BCUT2D eigenvalue weighted by Gasteiger charge is 2.24. The van der Waals surface area contributed by atoms with Crippen molar-refractivity contribution in [1.29, 1.82) is 0 Å². The van der Waals surface area contributed by atoms with Crippen LogP contribution in [0.3, 0.4) is 0 Å². The number of ether oxygens (including phenoxy) is 6. The maximum atomic E-state index is 13.3. The summed E-state index contributed by atoms with van der Waals surface area (Å²) in [7, 11) is 0. The van der Waals surface area contributed by atoms with Crippen LogP contribution < -0.4 is 9.47 Å². The van der Waals surface area contributed by atoms with Crippen LogP contribution in [0.4, 0.5) is 11.4 Å². The minimum absolute atomic E-state index is 0.182. The average Bonchev–Trinajstić information content (AvgIpc) is 1.11. The van der Waals surface area contributed by atoms with Gasteiger partial charge in [-0.25, -0.2) is 28.8 Å². The lowest BCUT2D eigenvalue weighted by molar-refractivity contribution is -0.148. The van der Waals surface area contributed by atoms with Crippen LogP contribution in [0.5, 0.6) is 11.5 Å². The summed E-state index contributed by atoms with van der Waals surface area (Å²) in [5, 5.41) is 0. The predicted molar refractivity (Wildman–Crippen MR) is 387 cm³/mol. The topological polar surface area (TPSA) is 183 Å². The Labute approximate surface area is 573 Å². The summed E-state index contributed by atoms with van der Waals surface area (Å²) in [5.41, 5.74) is 4.26. The van der Waals surface area contributed by atoms with Gasteiger partial charge in [0.15, 0.2) is 0 Å². The molecule has 0 unspecified atom stereocenters. The molecule has 0 saturated carbocycles. The third kappa shape index (κ3) is 33.4. The summed E-state index contributed by atoms with van der Waals surface area (Å²) in [6.07, 6.45) is 41.7. The van der Waals surface area contributed by atoms with E-state index in [-0.39, 0.29) is 48.7 Å². The van der Waals surface area contributed by atoms with E-state index in [2.05, 4.69) is 37.7 Å². The number of carbonyl (C=O) groups is 6. The van der Waals surface area contributed by atoms with E-state index in [0.29, 0.717) is 34.0 Å². The first kappa shape index (κ1) is 78.4. The van der Waals surface area contributed by atoms with Crippen molar-refractivity contribution in [2.45, 2.75) is 233 Å². The van der Waals surface area contributed by atoms with Gasteiger partial charge in [-0.3, -0.25) is 9.98 Å². The predicted octanol–water partition coefficient (Wildman–Crippen LogP) is 21.1. The van der Waals surface area contributed by atoms with Gasteiger partial charge in [-0.15, -0.1) is 0 Å². The van der Waals surface area contributed by atoms with Crippen molar-refractivity contribution in [2.75, 3.05) is 26.4 Å². The van der Waals surface area contributed by atoms with Crippen LogP contribution in [0.15, 0.2) is 142 Å². The lowest BCUT2D eigenvalue weighted by Crippen LogP contribution is -2.19. The Hall–Kier alpha value is -8.26. The zero-order chi connectivity index (χ0) is 68.5. The minimum Gasteiger partial charge on any atom is -0.462 e. The van der Waals surface area contributed by atoms with Gasteiger partial charge in [0.25, 0.3) is 0 Å². The van der Waals surface area contributed by atoms with Gasteiger partial charge in [-0.05, 0) is 157 Å². The Kier molecular flexibility index (Phi) is 40.3. The van der Waals surface area contributed by atoms with Gasteiger partial charge in [0, 0.05) is 12.4 Å². The molecule has 0 fully saturated rings. The number of nitrogens with zero attached hydrogens (tertiary/aromatic N) is 2. The second-order valence-electron chi connectivity index (χ2n) is 24.8. The Morgan fingerprint density at radius 2 is 0.510 bits per heavy atom. The number of unbranched alkanes of at least 4 members (excludes halogenated alkanes) is 28. The molecule has 5 aromatic rings. The van der Waals surface area contributed by atoms with E-state index in [1.54, 1.807) is 109 Å². The number of esters is 6. The standard InChI is InChI=1S/C82H108N2O12/c1-5-9-13-17-21-25-29-33-57-91-79(87)75(80(88)92-58-34-30-26-22-18-14-10-6-2)61-65-37-45-69(46-38-65)77(85)95-73-53-41-67(42-54-73)63-83-71-49-51-72(52-50-71)84-64-68-43-55-74(56-44-68)96-78(86)70-47-39-66(40-48-70)62-76(81(89)93-59-35-31-27-23-19-15-11-7-3)82(90)94-60-36-32-28-24-20-16-12-8-4/h37-56,61-64H,5-36,57-60H2,1-4H3. The smallest absolute Gasteiger partial charge is 0.345 e. The molecule has 0 N–H and O–H groups in total. The third-order valence-electron chi connectivity index (χ3n) is 16.5. The zero-order valence-electron chi connectivity index (χ0n) is 58.1. The molecule has 0 aromatic heterocycles. The fourth-order valence-corrected chi connectivity index (χ4v) is 10.6. The van der Waals surface area contributed by atoms with E-state index in [9.17, 15) is 28.8 Å². The normalized spacial score (nSPS) is 11.1. The second kappa shape index (κ2) is 49.3. The number of hydrogen-bond donors (Lipinski definition) is 0. The van der Waals surface area contributed by atoms with Crippen LogP contribution in [-0.4, -0.2) is 74.7 Å². The summed E-state index contributed by atoms with van der Waals surface area (Å²) < 4.78 is 33.6. The molecular formula is C82H108N2O12. The van der Waals surface area contributed by atoms with E-state index in [1.165, 1.54) is 115 Å². The molecule has 14 heteroatoms. The maximum absolute atomic E-state index is 13.3. The van der Waals surface area contributed by atoms with Crippen molar-refractivity contribution >= 4 is 71.8 Å². The van der Waals surface area contributed by atoms with Gasteiger partial charge in [0.2, 0.25) is 0 Å². The molecule has 0 bridgehead atoms. The van der Waals surface area contributed by atoms with E-state index < -0.39 is 35.8 Å². The molecule has 0 atom stereocenters. The SMILES string of the molecule is CCCCCCCCCCOC(=O)C(=Cc1ccc(C(=O)Oc2ccc(C=Nc3ccc(N=Cc4ccc(OC(=O)c5ccc(C=C(C(=O)OCCCCCCCCCC)C(=O)OCCCCCCCCCC)cc5)cc4)cc3)cc2)cc1)C(=O)OCCCCCCCCCC. The van der Waals surface area contributed by atoms with E-state index >= 15 is 0 Å². The molecular weight excluding hydrogens is 1200 g/mol. The fourth-order valence-electron chi connectivity index (χ4n) is 10.6. The van der Waals surface area contributed by atoms with Crippen molar-refractivity contribution in [2.24, 2.45) is 9.98 Å². The summed E-state index contributed by atoms with van der Waals surface area (Å²) in [6.45, 7) is 9.70. The summed E-state index contributed by atoms with van der Waals surface area (Å²) in [5.74, 6) is -3.34. The largest absolute Gasteiger partial charge is 0.462 e. The van der Waals surface area contributed by atoms with Crippen LogP contribution in [0.2, 0.25) is 0 Å². The first-order valence-corrected chi connectivity index (χ1v) is 36.1. The van der Waals surface area contributed by atoms with Gasteiger partial charge < -0.3 is 28.4 Å². The Morgan fingerprint density at radius 3 is 0.760 bits per heavy atom. The molecule has 0 heterocycles. The monoisotopic (exact) mass is 1310 g/mol. The molecule has 0 spiro atoms. The molecule has 0 radical (unpaired) electrons. The summed E-state index contributed by atoms with van der Waals surface area (Å²) >= 11 is 0. The summed E-state index contributed by atoms with van der Waals surface area (Å²) in [4.78, 5) is 88.8. The lowest BCUT2D eigenvalue weighted by Gasteiger charge is -2.10. The van der Waals surface area contributed by atoms with Crippen LogP contribution in [0.25, 0.3) is 12.2 Å². The highest BCUT2D eigenvalue weighted by Crippen LogP contribution is 2.23. The van der Waals surface area contributed by atoms with Crippen LogP contribution in [-0.2, 0) is 38.1 Å². The molecule has 14 nitrogen and oxygen atoms in total. The second-order valence-corrected chi connectivity index (χ2v) is 24.8. The molecule has 0 aliphatic carbocycles. The Morgan fingerprint density at radius 1 is 0.281 bits per heavy atom. The zero-order valence-corrected chi connectivity index (χ0v) is 58.1. The third-order valence-corrected chi connectivity index (χ3v) is 16.5. The highest BCUT2D eigenvalue weighted by molar-refractivity contribution is 6.18. The first-order valence-electron chi connectivity index (χ1n) is 36.1. The Bertz CT molecular complexity index is 2860. The Balaban J connectivity index is 1.08. The number of hydrogen-bond acceptors (Lipinski definition) is 14. The lowest BCUT2D eigenvalue weighted by atomic mass is 10.1. The van der Waals surface area contributed by atoms with Crippen molar-refractivity contribution in [3.05, 3.63) is 166 Å². The van der Waals surface area contributed by atoms with Crippen molar-refractivity contribution in [1.82, 2.24) is 0 Å². The summed E-state index contributed by atoms with van der Waals surface area (Å²) in [6, 6.07) is 34.2. The van der Waals surface area contributed by atoms with Crippen LogP contribution in [0, 0.1) is 0 Å². The van der Waals surface area contributed by atoms with Crippen molar-refractivity contribution in [3.63, 3.8) is 0 Å². The molecule has 0 saturated heterocycles. The van der Waals surface area contributed by atoms with Gasteiger partial charge in [-0.1, -0.05) is 232 Å². The number of aliphatic imine (C=N–C) groups is 2. The van der Waals surface area contributed by atoms with Crippen LogP contribution in [0.1, 0.15) is 276 Å². The maximum Gasteiger partial charge on any atom is 0.345 e. The molecule has 96 heavy (non-hydrogen) atoms. The van der Waals surface area contributed by atoms with Gasteiger partial charge in [0.05, 0.1) is 48.9 Å². The van der Waals surface area contributed by atoms with Gasteiger partial charge in [-0.2, -0.15) is 0 Å². The molecule has 518 valence electrons. The minimum atomic E-state index is -0.722. The quantitative estimate of drug-likeness (QED) is 0.00526. The molecule has 5 aromatic carbocycles. The highest BCUT2D eigenvalue weighted by atomic mass is 16.6. The first-order chi connectivity index (χ1) is 47.0.